The van der Waals surface area contributed by atoms with Crippen molar-refractivity contribution in [2.75, 3.05) is 12.4 Å². The van der Waals surface area contributed by atoms with Crippen molar-refractivity contribution in [2.24, 2.45) is 0 Å². The van der Waals surface area contributed by atoms with E-state index in [-0.39, 0.29) is 51.6 Å². The fourth-order valence-corrected chi connectivity index (χ4v) is 11.1. The molecule has 3 fully saturated rings. The minimum Gasteiger partial charge on any atom is -0.748 e. The normalized spacial score (nSPS) is 26.7. The summed E-state index contributed by atoms with van der Waals surface area (Å²) in [6.45, 7) is 0.609. The SMILES string of the molecule is O=S(=O)([O-])CCCCOC1CCCC(P(C2CCCCC2)C2CCCCC2)C1.[B].[Na+]. The van der Waals surface area contributed by atoms with Crippen LogP contribution < -0.4 is 29.6 Å². The molecule has 0 bridgehead atoms. The molecule has 167 valence electrons. The van der Waals surface area contributed by atoms with Crippen LogP contribution in [0.25, 0.3) is 0 Å². The zero-order chi connectivity index (χ0) is 19.8. The molecule has 4 nitrogen and oxygen atoms in total. The summed E-state index contributed by atoms with van der Waals surface area (Å²) in [7, 11) is -3.96. The second-order valence-electron chi connectivity index (χ2n) is 9.31. The Bertz CT molecular complexity index is 535. The molecule has 0 spiro atoms. The second kappa shape index (κ2) is 15.3. The summed E-state index contributed by atoms with van der Waals surface area (Å²) < 4.78 is 38.3. The van der Waals surface area contributed by atoms with Gasteiger partial charge in [-0.1, -0.05) is 52.9 Å². The van der Waals surface area contributed by atoms with Gasteiger partial charge in [0.15, 0.2) is 0 Å². The molecule has 30 heavy (non-hydrogen) atoms. The number of hydrogen-bond donors (Lipinski definition) is 0. The molecule has 0 saturated heterocycles. The topological polar surface area (TPSA) is 66.4 Å². The summed E-state index contributed by atoms with van der Waals surface area (Å²) in [5.41, 5.74) is 2.91. The Labute approximate surface area is 210 Å². The fraction of sp³-hybridized carbons (Fsp3) is 1.00. The molecule has 2 atom stereocenters. The summed E-state index contributed by atoms with van der Waals surface area (Å²) in [6.07, 6.45) is 21.2. The van der Waals surface area contributed by atoms with Gasteiger partial charge in [-0.05, 0) is 74.8 Å². The van der Waals surface area contributed by atoms with Crippen molar-refractivity contribution in [3.8, 4) is 0 Å². The van der Waals surface area contributed by atoms with Crippen LogP contribution in [0.3, 0.4) is 0 Å². The van der Waals surface area contributed by atoms with Crippen LogP contribution in [0, 0.1) is 0 Å². The fourth-order valence-electron chi connectivity index (χ4n) is 5.83. The number of rotatable bonds is 9. The third-order valence-electron chi connectivity index (χ3n) is 7.15. The Morgan fingerprint density at radius 3 is 1.83 bits per heavy atom. The van der Waals surface area contributed by atoms with E-state index in [0.717, 1.165) is 23.4 Å². The predicted octanol–water partition coefficient (Wildman–Crippen LogP) is 2.41. The third kappa shape index (κ3) is 10.1. The Hall–Kier alpha value is 1.36. The molecule has 3 aliphatic rings. The van der Waals surface area contributed by atoms with Gasteiger partial charge in [0, 0.05) is 20.8 Å². The first-order valence-electron chi connectivity index (χ1n) is 11.9. The smallest absolute Gasteiger partial charge is 0.748 e. The molecule has 0 heterocycles. The van der Waals surface area contributed by atoms with Crippen molar-refractivity contribution >= 4 is 26.5 Å². The van der Waals surface area contributed by atoms with Crippen LogP contribution in [0.5, 0.6) is 0 Å². The number of unbranched alkanes of at least 4 members (excludes halogenated alkanes) is 1. The standard InChI is InChI=1S/C22H41O4PS.B.Na/c23-28(24,25)17-8-7-16-26-19-10-9-15-22(18-19)27(20-11-3-1-4-12-20)21-13-5-2-6-14-21;;/h19-22H,1-18H2,(H,23,24,25);;/q;;+1/p-1. The van der Waals surface area contributed by atoms with Crippen molar-refractivity contribution in [2.45, 2.75) is 126 Å². The molecular weight excluding hydrogens is 425 g/mol. The van der Waals surface area contributed by atoms with Gasteiger partial charge >= 0.3 is 29.6 Å². The first-order chi connectivity index (χ1) is 13.5. The summed E-state index contributed by atoms with van der Waals surface area (Å²) in [5, 5.41) is 0. The molecule has 0 amide bonds. The minimum atomic E-state index is -4.08. The van der Waals surface area contributed by atoms with E-state index in [9.17, 15) is 13.0 Å². The zero-order valence-electron chi connectivity index (χ0n) is 19.1. The molecule has 3 radical (unpaired) electrons. The maximum atomic E-state index is 10.7. The maximum absolute atomic E-state index is 10.7. The Morgan fingerprint density at radius 1 is 0.767 bits per heavy atom. The average molecular weight is 465 g/mol. The van der Waals surface area contributed by atoms with E-state index in [2.05, 4.69) is 0 Å². The van der Waals surface area contributed by atoms with Crippen LogP contribution in [-0.2, 0) is 14.9 Å². The summed E-state index contributed by atoms with van der Waals surface area (Å²) >= 11 is 0. The molecule has 3 rings (SSSR count). The molecule has 0 aliphatic heterocycles. The van der Waals surface area contributed by atoms with Gasteiger partial charge in [0.1, 0.15) is 0 Å². The first kappa shape index (κ1) is 29.4. The van der Waals surface area contributed by atoms with Crippen LogP contribution in [0.4, 0.5) is 0 Å². The minimum absolute atomic E-state index is 0. The summed E-state index contributed by atoms with van der Waals surface area (Å²) in [6, 6.07) is 0. The van der Waals surface area contributed by atoms with E-state index >= 15 is 0 Å². The largest absolute Gasteiger partial charge is 1.00 e. The molecule has 0 aromatic heterocycles. The van der Waals surface area contributed by atoms with Crippen LogP contribution in [0.2, 0.25) is 0 Å². The Kier molecular flexibility index (Phi) is 15.0. The molecular formula is C22H40BNaO4PS. The number of hydrogen-bond acceptors (Lipinski definition) is 4. The van der Waals surface area contributed by atoms with E-state index in [0.29, 0.717) is 25.6 Å². The van der Waals surface area contributed by atoms with E-state index in [1.807, 2.05) is 0 Å². The number of ether oxygens (including phenoxy) is 1. The molecule has 3 aliphatic carbocycles. The zero-order valence-corrected chi connectivity index (χ0v) is 22.8. The third-order valence-corrected chi connectivity index (χ3v) is 12.0. The van der Waals surface area contributed by atoms with Gasteiger partial charge in [0.25, 0.3) is 0 Å². The van der Waals surface area contributed by atoms with Crippen LogP contribution in [-0.4, -0.2) is 56.8 Å². The van der Waals surface area contributed by atoms with Gasteiger partial charge in [-0.15, -0.1) is 0 Å². The molecule has 2 unspecified atom stereocenters. The molecule has 0 aromatic rings. The molecule has 3 saturated carbocycles. The van der Waals surface area contributed by atoms with Gasteiger partial charge in [-0.25, -0.2) is 8.42 Å². The van der Waals surface area contributed by atoms with E-state index in [1.165, 1.54) is 83.5 Å². The van der Waals surface area contributed by atoms with Crippen molar-refractivity contribution in [1.82, 2.24) is 0 Å². The van der Waals surface area contributed by atoms with E-state index < -0.39 is 10.1 Å². The van der Waals surface area contributed by atoms with Gasteiger partial charge < -0.3 is 9.29 Å². The van der Waals surface area contributed by atoms with Gasteiger partial charge in [-0.2, -0.15) is 0 Å². The Balaban J connectivity index is 0.00000225. The molecule has 0 aromatic carbocycles. The van der Waals surface area contributed by atoms with Gasteiger partial charge in [-0.3, -0.25) is 0 Å². The van der Waals surface area contributed by atoms with Gasteiger partial charge in [0.2, 0.25) is 0 Å². The average Bonchev–Trinajstić information content (AvgIpc) is 2.69. The molecule has 0 N–H and O–H groups in total. The van der Waals surface area contributed by atoms with E-state index in [1.54, 1.807) is 0 Å². The quantitative estimate of drug-likeness (QED) is 0.227. The monoisotopic (exact) mass is 465 g/mol. The van der Waals surface area contributed by atoms with Crippen molar-refractivity contribution in [3.63, 3.8) is 0 Å². The maximum Gasteiger partial charge on any atom is 1.00 e. The van der Waals surface area contributed by atoms with Crippen molar-refractivity contribution < 1.29 is 47.3 Å². The van der Waals surface area contributed by atoms with Crippen molar-refractivity contribution in [1.29, 1.82) is 0 Å². The van der Waals surface area contributed by atoms with Gasteiger partial charge in [0.05, 0.1) is 16.2 Å². The van der Waals surface area contributed by atoms with Crippen LogP contribution >= 0.6 is 7.92 Å². The van der Waals surface area contributed by atoms with Crippen molar-refractivity contribution in [3.05, 3.63) is 0 Å². The van der Waals surface area contributed by atoms with E-state index in [4.69, 9.17) is 4.74 Å². The second-order valence-corrected chi connectivity index (χ2v) is 13.9. The predicted molar refractivity (Wildman–Crippen MR) is 122 cm³/mol. The first-order valence-corrected chi connectivity index (χ1v) is 15.0. The van der Waals surface area contributed by atoms with Crippen LogP contribution in [0.15, 0.2) is 0 Å². The molecule has 8 heteroatoms. The van der Waals surface area contributed by atoms with Crippen LogP contribution in [0.1, 0.15) is 103 Å². The Morgan fingerprint density at radius 2 is 1.30 bits per heavy atom. The summed E-state index contributed by atoms with van der Waals surface area (Å²) in [5.74, 6) is -0.252. The summed E-state index contributed by atoms with van der Waals surface area (Å²) in [4.78, 5) is 0.